The topological polar surface area (TPSA) is 99.8 Å². The van der Waals surface area contributed by atoms with Gasteiger partial charge >= 0.3 is 4.87 Å². The van der Waals surface area contributed by atoms with Crippen LogP contribution in [0.15, 0.2) is 64.4 Å². The molecule has 10 heteroatoms. The Balaban J connectivity index is 1.32. The highest BCUT2D eigenvalue weighted by atomic mass is 32.2. The molecule has 0 aliphatic carbocycles. The van der Waals surface area contributed by atoms with Crippen LogP contribution >= 0.6 is 23.1 Å². The highest BCUT2D eigenvalue weighted by molar-refractivity contribution is 8.00. The number of thiazole rings is 1. The summed E-state index contributed by atoms with van der Waals surface area (Å²) in [7, 11) is 0. The molecule has 4 heterocycles. The van der Waals surface area contributed by atoms with Crippen molar-refractivity contribution in [1.82, 2.24) is 9.88 Å². The van der Waals surface area contributed by atoms with Crippen molar-refractivity contribution in [1.29, 1.82) is 0 Å². The van der Waals surface area contributed by atoms with Crippen molar-refractivity contribution in [2.75, 3.05) is 24.6 Å². The highest BCUT2D eigenvalue weighted by Crippen LogP contribution is 2.53. The molecular formula is C27H25N3O5S2. The van der Waals surface area contributed by atoms with Gasteiger partial charge in [0.25, 0.3) is 5.91 Å². The van der Waals surface area contributed by atoms with Crippen molar-refractivity contribution in [3.63, 3.8) is 0 Å². The van der Waals surface area contributed by atoms with Gasteiger partial charge in [-0.1, -0.05) is 53.4 Å². The predicted molar refractivity (Wildman–Crippen MR) is 141 cm³/mol. The normalized spacial score (nSPS) is 23.1. The molecule has 37 heavy (non-hydrogen) atoms. The van der Waals surface area contributed by atoms with Crippen LogP contribution in [0.4, 0.5) is 5.69 Å². The molecule has 0 spiro atoms. The van der Waals surface area contributed by atoms with Crippen LogP contribution < -0.4 is 14.5 Å². The molecule has 3 aliphatic rings. The van der Waals surface area contributed by atoms with E-state index in [0.717, 1.165) is 54.1 Å². The van der Waals surface area contributed by atoms with E-state index in [9.17, 15) is 19.2 Å². The van der Waals surface area contributed by atoms with E-state index in [1.165, 1.54) is 16.7 Å². The van der Waals surface area contributed by atoms with Gasteiger partial charge in [0.2, 0.25) is 11.8 Å². The number of likely N-dealkylation sites (tertiary alicyclic amines) is 1. The number of para-hydroxylation sites is 1. The van der Waals surface area contributed by atoms with Crippen molar-refractivity contribution < 1.29 is 19.1 Å². The number of H-pyrrole nitrogens is 1. The van der Waals surface area contributed by atoms with E-state index in [-0.39, 0.29) is 29.2 Å². The summed E-state index contributed by atoms with van der Waals surface area (Å²) in [5.74, 6) is -1.25. The number of benzene rings is 2. The Kier molecular flexibility index (Phi) is 6.37. The van der Waals surface area contributed by atoms with E-state index in [1.807, 2.05) is 29.2 Å². The average molecular weight is 536 g/mol. The number of hydrogen-bond donors (Lipinski definition) is 1. The third-order valence-corrected chi connectivity index (χ3v) is 9.53. The lowest BCUT2D eigenvalue weighted by molar-refractivity contribution is -0.134. The van der Waals surface area contributed by atoms with Crippen LogP contribution in [0, 0.1) is 5.92 Å². The fourth-order valence-electron chi connectivity index (χ4n) is 5.39. The zero-order valence-electron chi connectivity index (χ0n) is 19.9. The Labute approximate surface area is 221 Å². The van der Waals surface area contributed by atoms with Gasteiger partial charge in [-0.05, 0) is 49.1 Å². The Morgan fingerprint density at radius 3 is 2.54 bits per heavy atom. The average Bonchev–Trinajstić information content (AvgIpc) is 3.42. The molecule has 8 nitrogen and oxygen atoms in total. The molecule has 6 rings (SSSR count). The number of anilines is 1. The fraction of sp³-hybridized carbons (Fsp3) is 0.333. The Morgan fingerprint density at radius 2 is 1.76 bits per heavy atom. The van der Waals surface area contributed by atoms with Gasteiger partial charge in [-0.3, -0.25) is 19.2 Å². The summed E-state index contributed by atoms with van der Waals surface area (Å²) >= 11 is 2.32. The SMILES string of the molecule is O=C(COc1cccc([C@H]2c3sc(=O)[nH]c3SC3C(=O)N(c4ccccc4)C(=O)C32)c1)N1CCCCC1. The standard InChI is InChI=1S/C27H25N3O5S2/c31-19(29-12-5-2-6-13-29)15-35-18-11-7-8-16(14-18)20-21-23(36-24-22(20)37-27(34)28-24)26(33)30(25(21)32)17-9-3-1-4-10-17/h1,3-4,7-11,14,20-21,23H,2,5-6,12-13,15H2,(H,28,34)/t20-,21?,23?/m1/s1. The van der Waals surface area contributed by atoms with Gasteiger partial charge in [-0.25, -0.2) is 4.90 Å². The zero-order valence-corrected chi connectivity index (χ0v) is 21.6. The number of nitrogens with one attached hydrogen (secondary N) is 1. The summed E-state index contributed by atoms with van der Waals surface area (Å²) in [6.07, 6.45) is 3.17. The summed E-state index contributed by atoms with van der Waals surface area (Å²) in [5.41, 5.74) is 1.31. The molecule has 2 fully saturated rings. The predicted octanol–water partition coefficient (Wildman–Crippen LogP) is 3.62. The molecule has 2 aromatic carbocycles. The van der Waals surface area contributed by atoms with Crippen molar-refractivity contribution in [2.24, 2.45) is 5.92 Å². The maximum absolute atomic E-state index is 13.8. The number of fused-ring (bicyclic) bond motifs is 2. The number of ether oxygens (including phenoxy) is 1. The molecule has 3 amide bonds. The van der Waals surface area contributed by atoms with E-state index < -0.39 is 17.1 Å². The number of carbonyl (C=O) groups excluding carboxylic acids is 3. The van der Waals surface area contributed by atoms with Crippen LogP contribution in [0.25, 0.3) is 0 Å². The molecule has 0 radical (unpaired) electrons. The molecule has 0 bridgehead atoms. The molecule has 3 aromatic rings. The summed E-state index contributed by atoms with van der Waals surface area (Å²) in [6.45, 7) is 1.46. The molecule has 1 N–H and O–H groups in total. The third-order valence-electron chi connectivity index (χ3n) is 7.13. The van der Waals surface area contributed by atoms with Gasteiger partial charge in [0.15, 0.2) is 6.61 Å². The van der Waals surface area contributed by atoms with E-state index in [4.69, 9.17) is 4.74 Å². The van der Waals surface area contributed by atoms with Gasteiger partial charge in [-0.2, -0.15) is 0 Å². The number of nitrogens with zero attached hydrogens (tertiary/aromatic N) is 2. The zero-order chi connectivity index (χ0) is 25.5. The van der Waals surface area contributed by atoms with Crippen LogP contribution in [0.3, 0.4) is 0 Å². The van der Waals surface area contributed by atoms with Crippen LogP contribution in [-0.4, -0.2) is 52.6 Å². The molecule has 3 aliphatic heterocycles. The third kappa shape index (κ3) is 4.38. The van der Waals surface area contributed by atoms with Gasteiger partial charge in [0.05, 0.1) is 16.6 Å². The molecule has 1 aromatic heterocycles. The quantitative estimate of drug-likeness (QED) is 0.501. The number of aromatic amines is 1. The minimum absolute atomic E-state index is 0.0413. The van der Waals surface area contributed by atoms with Gasteiger partial charge in [-0.15, -0.1) is 0 Å². The second kappa shape index (κ2) is 9.83. The minimum atomic E-state index is -0.665. The smallest absolute Gasteiger partial charge is 0.305 e. The lowest BCUT2D eigenvalue weighted by Crippen LogP contribution is -2.38. The first-order valence-corrected chi connectivity index (χ1v) is 14.0. The number of hydrogen-bond acceptors (Lipinski definition) is 7. The molecule has 3 atom stereocenters. The summed E-state index contributed by atoms with van der Waals surface area (Å²) < 4.78 is 5.87. The summed E-state index contributed by atoms with van der Waals surface area (Å²) in [6, 6.07) is 16.2. The van der Waals surface area contributed by atoms with E-state index in [1.54, 1.807) is 30.3 Å². The first-order valence-electron chi connectivity index (χ1n) is 12.3. The first kappa shape index (κ1) is 24.0. The van der Waals surface area contributed by atoms with Gasteiger partial charge < -0.3 is 14.6 Å². The molecule has 190 valence electrons. The molecule has 2 unspecified atom stereocenters. The number of amides is 3. The van der Waals surface area contributed by atoms with Crippen molar-refractivity contribution in [2.45, 2.75) is 35.5 Å². The lowest BCUT2D eigenvalue weighted by atomic mass is 9.83. The Bertz CT molecular complexity index is 1410. The highest BCUT2D eigenvalue weighted by Gasteiger charge is 2.56. The largest absolute Gasteiger partial charge is 0.484 e. The van der Waals surface area contributed by atoms with Crippen molar-refractivity contribution in [3.05, 3.63) is 74.7 Å². The second-order valence-electron chi connectivity index (χ2n) is 9.40. The number of piperidine rings is 1. The minimum Gasteiger partial charge on any atom is -0.484 e. The Morgan fingerprint density at radius 1 is 0.973 bits per heavy atom. The van der Waals surface area contributed by atoms with Crippen LogP contribution in [0.5, 0.6) is 5.75 Å². The number of imide groups is 1. The molecular weight excluding hydrogens is 510 g/mol. The Hall–Kier alpha value is -3.37. The number of aromatic nitrogens is 1. The molecule has 0 saturated carbocycles. The maximum atomic E-state index is 13.8. The van der Waals surface area contributed by atoms with Gasteiger partial charge in [0.1, 0.15) is 11.0 Å². The molecule has 2 saturated heterocycles. The van der Waals surface area contributed by atoms with Crippen LogP contribution in [0.2, 0.25) is 0 Å². The van der Waals surface area contributed by atoms with Crippen molar-refractivity contribution >= 4 is 46.5 Å². The lowest BCUT2D eigenvalue weighted by Gasteiger charge is -2.30. The van der Waals surface area contributed by atoms with Crippen LogP contribution in [0.1, 0.15) is 35.6 Å². The van der Waals surface area contributed by atoms with E-state index >= 15 is 0 Å². The second-order valence-corrected chi connectivity index (χ2v) is 11.6. The van der Waals surface area contributed by atoms with E-state index in [0.29, 0.717) is 16.5 Å². The van der Waals surface area contributed by atoms with Crippen LogP contribution in [-0.2, 0) is 14.4 Å². The first-order chi connectivity index (χ1) is 18.0. The van der Waals surface area contributed by atoms with Crippen molar-refractivity contribution in [3.8, 4) is 5.75 Å². The summed E-state index contributed by atoms with van der Waals surface area (Å²) in [4.78, 5) is 58.6. The summed E-state index contributed by atoms with van der Waals surface area (Å²) in [5, 5.41) is -0.0235. The number of rotatable bonds is 5. The fourth-order valence-corrected chi connectivity index (χ4v) is 7.90. The monoisotopic (exact) mass is 535 g/mol. The van der Waals surface area contributed by atoms with E-state index in [2.05, 4.69) is 4.98 Å². The number of carbonyl (C=O) groups is 3. The van der Waals surface area contributed by atoms with Gasteiger partial charge in [0, 0.05) is 23.9 Å². The maximum Gasteiger partial charge on any atom is 0.305 e. The number of thioether (sulfide) groups is 1.